The maximum atomic E-state index is 11.8. The van der Waals surface area contributed by atoms with Crippen molar-refractivity contribution in [2.24, 2.45) is 5.73 Å². The van der Waals surface area contributed by atoms with E-state index in [4.69, 9.17) is 10.5 Å². The molecule has 0 radical (unpaired) electrons. The minimum atomic E-state index is -0.529. The summed E-state index contributed by atoms with van der Waals surface area (Å²) in [6.07, 6.45) is -0.529. The number of nitrogens with zero attached hydrogens (tertiary/aromatic N) is 1. The molecule has 0 aliphatic carbocycles. The number of halogens is 1. The third-order valence-electron chi connectivity index (χ3n) is 2.55. The Balaban J connectivity index is 2.94. The standard InChI is InChI=1S/C13H19BrN2O2/c1-8(15)11-7-10(14)5-6-12(11)18-9(2)13(17)16(3)4/h5-9H,15H2,1-4H3/t8-,9?/m0/s1. The highest BCUT2D eigenvalue weighted by Gasteiger charge is 2.19. The first-order valence-corrected chi connectivity index (χ1v) is 6.55. The Morgan fingerprint density at radius 3 is 2.50 bits per heavy atom. The Labute approximate surface area is 116 Å². The number of hydrogen-bond acceptors (Lipinski definition) is 3. The van der Waals surface area contributed by atoms with Gasteiger partial charge in [0.15, 0.2) is 6.10 Å². The number of nitrogens with two attached hydrogens (primary N) is 1. The van der Waals surface area contributed by atoms with E-state index in [1.807, 2.05) is 25.1 Å². The minimum Gasteiger partial charge on any atom is -0.481 e. The van der Waals surface area contributed by atoms with Gasteiger partial charge in [0.1, 0.15) is 5.75 Å². The maximum Gasteiger partial charge on any atom is 0.262 e. The SMILES string of the molecule is CC(Oc1ccc(Br)cc1[C@H](C)N)C(=O)N(C)C. The number of rotatable bonds is 4. The van der Waals surface area contributed by atoms with Gasteiger partial charge in [0.25, 0.3) is 5.91 Å². The van der Waals surface area contributed by atoms with E-state index in [-0.39, 0.29) is 11.9 Å². The lowest BCUT2D eigenvalue weighted by Gasteiger charge is -2.21. The summed E-state index contributed by atoms with van der Waals surface area (Å²) >= 11 is 3.40. The number of hydrogen-bond donors (Lipinski definition) is 1. The lowest BCUT2D eigenvalue weighted by molar-refractivity contribution is -0.135. The molecule has 0 saturated heterocycles. The van der Waals surface area contributed by atoms with Crippen molar-refractivity contribution in [3.05, 3.63) is 28.2 Å². The number of carbonyl (C=O) groups excluding carboxylic acids is 1. The van der Waals surface area contributed by atoms with E-state index in [1.54, 1.807) is 21.0 Å². The van der Waals surface area contributed by atoms with Crippen LogP contribution in [0.25, 0.3) is 0 Å². The molecule has 18 heavy (non-hydrogen) atoms. The molecule has 4 nitrogen and oxygen atoms in total. The highest BCUT2D eigenvalue weighted by atomic mass is 79.9. The second-order valence-electron chi connectivity index (χ2n) is 4.46. The van der Waals surface area contributed by atoms with E-state index in [9.17, 15) is 4.79 Å². The maximum absolute atomic E-state index is 11.8. The highest BCUT2D eigenvalue weighted by Crippen LogP contribution is 2.28. The van der Waals surface area contributed by atoms with Gasteiger partial charge in [0.05, 0.1) is 0 Å². The van der Waals surface area contributed by atoms with Crippen molar-refractivity contribution in [3.63, 3.8) is 0 Å². The fourth-order valence-corrected chi connectivity index (χ4v) is 1.97. The highest BCUT2D eigenvalue weighted by molar-refractivity contribution is 9.10. The number of carbonyl (C=O) groups is 1. The van der Waals surface area contributed by atoms with Gasteiger partial charge < -0.3 is 15.4 Å². The molecular weight excluding hydrogens is 296 g/mol. The number of likely N-dealkylation sites (N-methyl/N-ethyl adjacent to an activating group) is 1. The van der Waals surface area contributed by atoms with Crippen LogP contribution in [-0.2, 0) is 4.79 Å². The molecule has 0 spiro atoms. The van der Waals surface area contributed by atoms with E-state index in [1.165, 1.54) is 4.90 Å². The molecule has 0 aliphatic heterocycles. The van der Waals surface area contributed by atoms with Crippen LogP contribution in [-0.4, -0.2) is 31.0 Å². The van der Waals surface area contributed by atoms with Gasteiger partial charge in [-0.05, 0) is 32.0 Å². The zero-order chi connectivity index (χ0) is 13.9. The Hall–Kier alpha value is -1.07. The minimum absolute atomic E-state index is 0.0754. The normalized spacial score (nSPS) is 13.9. The fourth-order valence-electron chi connectivity index (χ4n) is 1.59. The van der Waals surface area contributed by atoms with Crippen molar-refractivity contribution in [2.45, 2.75) is 26.0 Å². The first kappa shape index (κ1) is 15.0. The molecule has 0 heterocycles. The summed E-state index contributed by atoms with van der Waals surface area (Å²) in [5.74, 6) is 0.574. The summed E-state index contributed by atoms with van der Waals surface area (Å²) < 4.78 is 6.63. The van der Waals surface area contributed by atoms with Crippen molar-refractivity contribution in [3.8, 4) is 5.75 Å². The van der Waals surface area contributed by atoms with Crippen LogP contribution < -0.4 is 10.5 Å². The average Bonchev–Trinajstić information content (AvgIpc) is 2.29. The quantitative estimate of drug-likeness (QED) is 0.928. The van der Waals surface area contributed by atoms with Gasteiger partial charge in [-0.1, -0.05) is 15.9 Å². The van der Waals surface area contributed by atoms with Crippen LogP contribution in [0.1, 0.15) is 25.5 Å². The molecule has 0 aliphatic rings. The second kappa shape index (κ2) is 6.20. The molecule has 1 unspecified atom stereocenters. The van der Waals surface area contributed by atoms with Gasteiger partial charge >= 0.3 is 0 Å². The van der Waals surface area contributed by atoms with E-state index in [2.05, 4.69) is 15.9 Å². The topological polar surface area (TPSA) is 55.6 Å². The monoisotopic (exact) mass is 314 g/mol. The van der Waals surface area contributed by atoms with E-state index in [0.717, 1.165) is 10.0 Å². The van der Waals surface area contributed by atoms with Crippen LogP contribution in [0.5, 0.6) is 5.75 Å². The molecule has 2 atom stereocenters. The molecule has 5 heteroatoms. The Kier molecular flexibility index (Phi) is 5.16. The van der Waals surface area contributed by atoms with Crippen LogP contribution in [0, 0.1) is 0 Å². The summed E-state index contributed by atoms with van der Waals surface area (Å²) in [5.41, 5.74) is 6.78. The molecule has 0 saturated carbocycles. The van der Waals surface area contributed by atoms with Crippen LogP contribution >= 0.6 is 15.9 Å². The second-order valence-corrected chi connectivity index (χ2v) is 5.38. The Bertz CT molecular complexity index is 433. The zero-order valence-corrected chi connectivity index (χ0v) is 12.7. The molecule has 1 rings (SSSR count). The van der Waals surface area contributed by atoms with E-state index in [0.29, 0.717) is 5.75 Å². The average molecular weight is 315 g/mol. The van der Waals surface area contributed by atoms with Crippen molar-refractivity contribution in [2.75, 3.05) is 14.1 Å². The number of benzene rings is 1. The Morgan fingerprint density at radius 1 is 1.39 bits per heavy atom. The van der Waals surface area contributed by atoms with E-state index >= 15 is 0 Å². The Morgan fingerprint density at radius 2 is 2.00 bits per heavy atom. The van der Waals surface area contributed by atoms with Gasteiger partial charge in [-0.15, -0.1) is 0 Å². The van der Waals surface area contributed by atoms with Crippen LogP contribution in [0.3, 0.4) is 0 Å². The first-order valence-electron chi connectivity index (χ1n) is 5.75. The molecule has 1 aromatic carbocycles. The molecule has 0 aromatic heterocycles. The molecule has 100 valence electrons. The third kappa shape index (κ3) is 3.71. The molecular formula is C13H19BrN2O2. The lowest BCUT2D eigenvalue weighted by Crippen LogP contribution is -2.35. The number of amides is 1. The molecule has 1 amide bonds. The zero-order valence-electron chi connectivity index (χ0n) is 11.1. The summed E-state index contributed by atoms with van der Waals surface area (Å²) in [4.78, 5) is 13.3. The summed E-state index contributed by atoms with van der Waals surface area (Å²) in [6, 6.07) is 5.45. The van der Waals surface area contributed by atoms with Gasteiger partial charge in [-0.2, -0.15) is 0 Å². The molecule has 0 fully saturated rings. The third-order valence-corrected chi connectivity index (χ3v) is 3.05. The fraction of sp³-hybridized carbons (Fsp3) is 0.462. The van der Waals surface area contributed by atoms with Crippen molar-refractivity contribution >= 4 is 21.8 Å². The van der Waals surface area contributed by atoms with Crippen LogP contribution in [0.15, 0.2) is 22.7 Å². The van der Waals surface area contributed by atoms with Crippen molar-refractivity contribution < 1.29 is 9.53 Å². The van der Waals surface area contributed by atoms with Gasteiger partial charge in [0.2, 0.25) is 0 Å². The smallest absolute Gasteiger partial charge is 0.262 e. The number of ether oxygens (including phenoxy) is 1. The largest absolute Gasteiger partial charge is 0.481 e. The molecule has 1 aromatic rings. The lowest BCUT2D eigenvalue weighted by atomic mass is 10.1. The molecule has 0 bridgehead atoms. The van der Waals surface area contributed by atoms with E-state index < -0.39 is 6.10 Å². The van der Waals surface area contributed by atoms with Crippen LogP contribution in [0.2, 0.25) is 0 Å². The summed E-state index contributed by atoms with van der Waals surface area (Å²) in [7, 11) is 3.41. The molecule has 2 N–H and O–H groups in total. The predicted octanol–water partition coefficient (Wildman–Crippen LogP) is 2.32. The summed E-state index contributed by atoms with van der Waals surface area (Å²) in [5, 5.41) is 0. The van der Waals surface area contributed by atoms with Crippen molar-refractivity contribution in [1.82, 2.24) is 4.90 Å². The predicted molar refractivity (Wildman–Crippen MR) is 75.5 cm³/mol. The van der Waals surface area contributed by atoms with Gasteiger partial charge in [-0.3, -0.25) is 4.79 Å². The summed E-state index contributed by atoms with van der Waals surface area (Å²) in [6.45, 7) is 3.61. The first-order chi connectivity index (χ1) is 8.32. The van der Waals surface area contributed by atoms with Gasteiger partial charge in [0, 0.05) is 30.2 Å². The van der Waals surface area contributed by atoms with Gasteiger partial charge in [-0.25, -0.2) is 0 Å². The van der Waals surface area contributed by atoms with Crippen molar-refractivity contribution in [1.29, 1.82) is 0 Å². The van der Waals surface area contributed by atoms with Crippen LogP contribution in [0.4, 0.5) is 0 Å².